The Labute approximate surface area is 136 Å². The summed E-state index contributed by atoms with van der Waals surface area (Å²) in [5.74, 6) is 1.17. The maximum absolute atomic E-state index is 12.0. The minimum Gasteiger partial charge on any atom is -0.444 e. The molecule has 1 saturated heterocycles. The van der Waals surface area contributed by atoms with Crippen LogP contribution in [0.5, 0.6) is 0 Å². The number of hydrogen-bond acceptors (Lipinski definition) is 5. The van der Waals surface area contributed by atoms with E-state index in [0.29, 0.717) is 17.9 Å². The lowest BCUT2D eigenvalue weighted by molar-refractivity contribution is 0.0269. The van der Waals surface area contributed by atoms with E-state index >= 15 is 0 Å². The maximum atomic E-state index is 12.0. The SMILES string of the molecule is Cc1nc(C)c(CNC2C3CN(C(=O)OC(C)(C)C)CC32)s1. The molecule has 22 heavy (non-hydrogen) atoms. The first kappa shape index (κ1) is 15.7. The van der Waals surface area contributed by atoms with Gasteiger partial charge in [0.25, 0.3) is 0 Å². The zero-order valence-corrected chi connectivity index (χ0v) is 14.8. The lowest BCUT2D eigenvalue weighted by Gasteiger charge is -2.26. The average molecular weight is 323 g/mol. The van der Waals surface area contributed by atoms with E-state index in [1.165, 1.54) is 4.88 Å². The standard InChI is InChI=1S/C16H25N3O2S/c1-9-13(22-10(2)18-9)6-17-14-11-7-19(8-12(11)14)15(20)21-16(3,4)5/h11-12,14,17H,6-8H2,1-5H3. The molecule has 6 heteroatoms. The van der Waals surface area contributed by atoms with Crippen molar-refractivity contribution in [3.63, 3.8) is 0 Å². The van der Waals surface area contributed by atoms with Crippen LogP contribution in [-0.4, -0.2) is 40.7 Å². The van der Waals surface area contributed by atoms with Crippen molar-refractivity contribution in [3.8, 4) is 0 Å². The summed E-state index contributed by atoms with van der Waals surface area (Å²) in [5.41, 5.74) is 0.722. The van der Waals surface area contributed by atoms with E-state index < -0.39 is 5.60 Å². The Balaban J connectivity index is 1.45. The monoisotopic (exact) mass is 323 g/mol. The predicted molar refractivity (Wildman–Crippen MR) is 87.0 cm³/mol. The molecular weight excluding hydrogens is 298 g/mol. The highest BCUT2D eigenvalue weighted by Gasteiger charge is 2.56. The Morgan fingerprint density at radius 1 is 1.36 bits per heavy atom. The highest BCUT2D eigenvalue weighted by Crippen LogP contribution is 2.46. The third-order valence-corrected chi connectivity index (χ3v) is 5.42. The van der Waals surface area contributed by atoms with Crippen LogP contribution in [0.2, 0.25) is 0 Å². The molecule has 0 aromatic carbocycles. The molecule has 0 bridgehead atoms. The van der Waals surface area contributed by atoms with Crippen molar-refractivity contribution >= 4 is 17.4 Å². The highest BCUT2D eigenvalue weighted by atomic mass is 32.1. The minimum absolute atomic E-state index is 0.174. The molecule has 0 spiro atoms. The van der Waals surface area contributed by atoms with Gasteiger partial charge in [0.05, 0.1) is 10.7 Å². The lowest BCUT2D eigenvalue weighted by atomic mass is 10.2. The van der Waals surface area contributed by atoms with Gasteiger partial charge in [-0.25, -0.2) is 9.78 Å². The molecule has 2 atom stereocenters. The molecule has 1 aromatic rings. The second-order valence-corrected chi connectivity index (χ2v) is 8.65. The number of fused-ring (bicyclic) bond motifs is 1. The number of aryl methyl sites for hydroxylation is 2. The van der Waals surface area contributed by atoms with Crippen LogP contribution in [0.3, 0.4) is 0 Å². The smallest absolute Gasteiger partial charge is 0.410 e. The quantitative estimate of drug-likeness (QED) is 0.929. The number of ether oxygens (including phenoxy) is 1. The number of hydrogen-bond donors (Lipinski definition) is 1. The first-order valence-corrected chi connectivity index (χ1v) is 8.70. The number of piperidine rings is 1. The summed E-state index contributed by atoms with van der Waals surface area (Å²) in [5, 5.41) is 4.75. The van der Waals surface area contributed by atoms with Crippen molar-refractivity contribution < 1.29 is 9.53 Å². The number of carbonyl (C=O) groups is 1. The number of thiazole rings is 1. The van der Waals surface area contributed by atoms with Crippen molar-refractivity contribution in [3.05, 3.63) is 15.6 Å². The molecule has 1 aromatic heterocycles. The fourth-order valence-corrected chi connectivity index (χ4v) is 4.14. The van der Waals surface area contributed by atoms with E-state index in [4.69, 9.17) is 4.74 Å². The summed E-state index contributed by atoms with van der Waals surface area (Å²) < 4.78 is 5.43. The van der Waals surface area contributed by atoms with Crippen molar-refractivity contribution in [2.75, 3.05) is 13.1 Å². The molecule has 3 rings (SSSR count). The molecule has 2 fully saturated rings. The minimum atomic E-state index is -0.414. The van der Waals surface area contributed by atoms with E-state index in [-0.39, 0.29) is 6.09 Å². The second-order valence-electron chi connectivity index (χ2n) is 7.36. The van der Waals surface area contributed by atoms with Gasteiger partial charge in [-0.05, 0) is 46.5 Å². The van der Waals surface area contributed by atoms with Gasteiger partial charge in [0.1, 0.15) is 5.60 Å². The molecule has 2 unspecified atom stereocenters. The summed E-state index contributed by atoms with van der Waals surface area (Å²) in [6.07, 6.45) is -0.174. The first-order valence-electron chi connectivity index (χ1n) is 7.89. The molecular formula is C16H25N3O2S. The first-order chi connectivity index (χ1) is 10.2. The number of likely N-dealkylation sites (tertiary alicyclic amines) is 1. The molecule has 122 valence electrons. The van der Waals surface area contributed by atoms with Gasteiger partial charge in [0.2, 0.25) is 0 Å². The van der Waals surface area contributed by atoms with Crippen LogP contribution in [0.4, 0.5) is 4.79 Å². The van der Waals surface area contributed by atoms with E-state index in [1.807, 2.05) is 32.6 Å². The fourth-order valence-electron chi connectivity index (χ4n) is 3.25. The lowest BCUT2D eigenvalue weighted by Crippen LogP contribution is -2.39. The molecule has 1 amide bonds. The van der Waals surface area contributed by atoms with E-state index in [1.54, 1.807) is 11.3 Å². The Morgan fingerprint density at radius 3 is 2.50 bits per heavy atom. The molecule has 1 aliphatic carbocycles. The Kier molecular flexibility index (Phi) is 3.93. The zero-order valence-electron chi connectivity index (χ0n) is 14.0. The highest BCUT2D eigenvalue weighted by molar-refractivity contribution is 7.11. The number of amides is 1. The molecule has 2 aliphatic rings. The average Bonchev–Trinajstić information content (AvgIpc) is 2.72. The number of nitrogens with zero attached hydrogens (tertiary/aromatic N) is 2. The molecule has 0 radical (unpaired) electrons. The summed E-state index contributed by atoms with van der Waals surface area (Å²) >= 11 is 1.77. The second kappa shape index (κ2) is 5.49. The molecule has 1 saturated carbocycles. The van der Waals surface area contributed by atoms with Gasteiger partial charge in [-0.1, -0.05) is 0 Å². The number of rotatable bonds is 3. The summed E-state index contributed by atoms with van der Waals surface area (Å²) in [6.45, 7) is 12.4. The third-order valence-electron chi connectivity index (χ3n) is 4.34. The van der Waals surface area contributed by atoms with Crippen LogP contribution in [0, 0.1) is 25.7 Å². The number of nitrogens with one attached hydrogen (secondary N) is 1. The molecule has 1 N–H and O–H groups in total. The molecule has 2 heterocycles. The van der Waals surface area contributed by atoms with Crippen LogP contribution >= 0.6 is 11.3 Å². The van der Waals surface area contributed by atoms with Crippen molar-refractivity contribution in [2.24, 2.45) is 11.8 Å². The van der Waals surface area contributed by atoms with E-state index in [0.717, 1.165) is 30.3 Å². The van der Waals surface area contributed by atoms with Crippen LogP contribution in [0.15, 0.2) is 0 Å². The van der Waals surface area contributed by atoms with E-state index in [2.05, 4.69) is 17.2 Å². The van der Waals surface area contributed by atoms with Crippen LogP contribution in [-0.2, 0) is 11.3 Å². The van der Waals surface area contributed by atoms with Crippen molar-refractivity contribution in [1.29, 1.82) is 0 Å². The van der Waals surface area contributed by atoms with Gasteiger partial charge >= 0.3 is 6.09 Å². The maximum Gasteiger partial charge on any atom is 0.410 e. The molecule has 1 aliphatic heterocycles. The van der Waals surface area contributed by atoms with E-state index in [9.17, 15) is 4.79 Å². The van der Waals surface area contributed by atoms with Gasteiger partial charge in [-0.2, -0.15) is 0 Å². The van der Waals surface area contributed by atoms with Crippen LogP contribution < -0.4 is 5.32 Å². The largest absolute Gasteiger partial charge is 0.444 e. The van der Waals surface area contributed by atoms with Gasteiger partial charge < -0.3 is 15.0 Å². The number of carbonyl (C=O) groups excluding carboxylic acids is 1. The normalized spacial score (nSPS) is 27.0. The number of aromatic nitrogens is 1. The Morgan fingerprint density at radius 2 is 2.00 bits per heavy atom. The third kappa shape index (κ3) is 3.27. The molecule has 5 nitrogen and oxygen atoms in total. The Bertz CT molecular complexity index is 566. The summed E-state index contributed by atoms with van der Waals surface area (Å²) in [7, 11) is 0. The summed E-state index contributed by atoms with van der Waals surface area (Å²) in [6, 6.07) is 0.542. The van der Waals surface area contributed by atoms with Gasteiger partial charge in [0, 0.05) is 30.6 Å². The zero-order chi connectivity index (χ0) is 16.1. The topological polar surface area (TPSA) is 54.5 Å². The fraction of sp³-hybridized carbons (Fsp3) is 0.750. The van der Waals surface area contributed by atoms with Crippen molar-refractivity contribution in [1.82, 2.24) is 15.2 Å². The van der Waals surface area contributed by atoms with Crippen LogP contribution in [0.1, 0.15) is 36.3 Å². The predicted octanol–water partition coefficient (Wildman–Crippen LogP) is 2.71. The Hall–Kier alpha value is -1.14. The van der Waals surface area contributed by atoms with Crippen LogP contribution in [0.25, 0.3) is 0 Å². The van der Waals surface area contributed by atoms with Gasteiger partial charge in [0.15, 0.2) is 0 Å². The van der Waals surface area contributed by atoms with Gasteiger partial charge in [-0.15, -0.1) is 11.3 Å². The van der Waals surface area contributed by atoms with Crippen molar-refractivity contribution in [2.45, 2.75) is 52.8 Å². The summed E-state index contributed by atoms with van der Waals surface area (Å²) in [4.78, 5) is 19.7. The van der Waals surface area contributed by atoms with Gasteiger partial charge in [-0.3, -0.25) is 0 Å².